The van der Waals surface area contributed by atoms with Crippen molar-refractivity contribution in [3.63, 3.8) is 0 Å². The summed E-state index contributed by atoms with van der Waals surface area (Å²) >= 11 is 1.44. The molecule has 174 valence electrons. The average molecular weight is 470 g/mol. The van der Waals surface area contributed by atoms with Gasteiger partial charge in [-0.2, -0.15) is 0 Å². The van der Waals surface area contributed by atoms with Crippen molar-refractivity contribution < 1.29 is 10.2 Å². The van der Waals surface area contributed by atoms with Gasteiger partial charge < -0.3 is 14.8 Å². The molecule has 0 radical (unpaired) electrons. The summed E-state index contributed by atoms with van der Waals surface area (Å²) in [6.07, 6.45) is 0. The maximum atomic E-state index is 11.3. The van der Waals surface area contributed by atoms with Crippen LogP contribution in [-0.4, -0.2) is 14.8 Å². The third kappa shape index (κ3) is 3.57. The zero-order valence-electron chi connectivity index (χ0n) is 20.6. The molecule has 5 rings (SSSR count). The molecule has 0 aliphatic heterocycles. The fraction of sp³-hybridized carbons (Fsp3) is 0.267. The lowest BCUT2D eigenvalue weighted by molar-refractivity contribution is 0.470. The zero-order chi connectivity index (χ0) is 24.4. The maximum absolute atomic E-state index is 11.3. The summed E-state index contributed by atoms with van der Waals surface area (Å²) in [6.45, 7) is 13.4. The minimum Gasteiger partial charge on any atom is -0.507 e. The molecular weight excluding hydrogens is 438 g/mol. The van der Waals surface area contributed by atoms with E-state index in [0.29, 0.717) is 10.4 Å². The number of aromatic hydroxyl groups is 2. The molecule has 3 nitrogen and oxygen atoms in total. The summed E-state index contributed by atoms with van der Waals surface area (Å²) in [5, 5.41) is 26.1. The Labute approximate surface area is 204 Å². The standard InChI is InChI=1S/C30H31NO2S/c1-29(2,3)18-11-13-23-21(15-18)22-16-19(30(4,5)6)12-14-24(22)31(23)25-17-34-28(27(25)33)20-9-7-8-10-26(20)32/h7-17,32-33H,1-6H3. The van der Waals surface area contributed by atoms with Crippen molar-refractivity contribution in [1.82, 2.24) is 4.57 Å². The van der Waals surface area contributed by atoms with Crippen molar-refractivity contribution in [2.75, 3.05) is 0 Å². The second-order valence-corrected chi connectivity index (χ2v) is 12.0. The Morgan fingerprint density at radius 3 is 1.74 bits per heavy atom. The second kappa shape index (κ2) is 7.64. The van der Waals surface area contributed by atoms with Gasteiger partial charge in [-0.1, -0.05) is 65.8 Å². The molecule has 0 spiro atoms. The Kier molecular flexibility index (Phi) is 5.07. The van der Waals surface area contributed by atoms with E-state index in [-0.39, 0.29) is 22.3 Å². The molecular formula is C30H31NO2S. The van der Waals surface area contributed by atoms with Gasteiger partial charge >= 0.3 is 0 Å². The molecule has 3 aromatic carbocycles. The minimum atomic E-state index is 0.0345. The van der Waals surface area contributed by atoms with Gasteiger partial charge in [0, 0.05) is 21.7 Å². The van der Waals surface area contributed by atoms with Crippen LogP contribution < -0.4 is 0 Å². The van der Waals surface area contributed by atoms with Crippen molar-refractivity contribution >= 4 is 33.1 Å². The van der Waals surface area contributed by atoms with Gasteiger partial charge in [-0.25, -0.2) is 0 Å². The van der Waals surface area contributed by atoms with Crippen molar-refractivity contribution in [2.24, 2.45) is 0 Å². The van der Waals surface area contributed by atoms with Crippen molar-refractivity contribution in [2.45, 2.75) is 52.4 Å². The van der Waals surface area contributed by atoms with E-state index >= 15 is 0 Å². The average Bonchev–Trinajstić information content (AvgIpc) is 3.29. The third-order valence-electron chi connectivity index (χ3n) is 6.63. The number of para-hydroxylation sites is 1. The van der Waals surface area contributed by atoms with Crippen LogP contribution in [0.25, 0.3) is 37.9 Å². The van der Waals surface area contributed by atoms with Crippen LogP contribution in [0.3, 0.4) is 0 Å². The highest BCUT2D eigenvalue weighted by Crippen LogP contribution is 2.46. The van der Waals surface area contributed by atoms with Crippen molar-refractivity contribution in [3.05, 3.63) is 77.2 Å². The number of aromatic nitrogens is 1. The van der Waals surface area contributed by atoms with Gasteiger partial charge in [0.1, 0.15) is 5.75 Å². The summed E-state index contributed by atoms with van der Waals surface area (Å²) in [6, 6.07) is 20.5. The number of hydrogen-bond donors (Lipinski definition) is 2. The Morgan fingerprint density at radius 2 is 1.24 bits per heavy atom. The van der Waals surface area contributed by atoms with Crippen LogP contribution in [0.15, 0.2) is 66.0 Å². The second-order valence-electron chi connectivity index (χ2n) is 11.1. The SMILES string of the molecule is CC(C)(C)c1ccc2c(c1)c1cc(C(C)(C)C)ccc1n2-c1csc(-c2ccccc2O)c1O. The molecule has 0 saturated carbocycles. The number of nitrogens with zero attached hydrogens (tertiary/aromatic N) is 1. The van der Waals surface area contributed by atoms with E-state index in [9.17, 15) is 10.2 Å². The lowest BCUT2D eigenvalue weighted by Gasteiger charge is -2.19. The molecule has 0 aliphatic carbocycles. The topological polar surface area (TPSA) is 45.4 Å². The van der Waals surface area contributed by atoms with E-state index in [1.54, 1.807) is 12.1 Å². The number of rotatable bonds is 2. The van der Waals surface area contributed by atoms with Crippen LogP contribution >= 0.6 is 11.3 Å². The Hall–Kier alpha value is -3.24. The molecule has 0 unspecified atom stereocenters. The molecule has 34 heavy (non-hydrogen) atoms. The predicted molar refractivity (Wildman–Crippen MR) is 145 cm³/mol. The van der Waals surface area contributed by atoms with E-state index in [1.165, 1.54) is 33.2 Å². The van der Waals surface area contributed by atoms with Gasteiger partial charge in [0.2, 0.25) is 0 Å². The molecule has 2 heterocycles. The van der Waals surface area contributed by atoms with Gasteiger partial charge in [0.15, 0.2) is 5.75 Å². The molecule has 2 aromatic heterocycles. The van der Waals surface area contributed by atoms with Crippen LogP contribution in [0.1, 0.15) is 52.7 Å². The van der Waals surface area contributed by atoms with Crippen molar-refractivity contribution in [1.29, 1.82) is 0 Å². The predicted octanol–water partition coefficient (Wildman–Crippen LogP) is 8.52. The number of benzene rings is 3. The number of thiophene rings is 1. The molecule has 5 aromatic rings. The molecule has 0 saturated heterocycles. The Morgan fingerprint density at radius 1 is 0.706 bits per heavy atom. The van der Waals surface area contributed by atoms with Gasteiger partial charge in [-0.3, -0.25) is 0 Å². The van der Waals surface area contributed by atoms with Crippen molar-refractivity contribution in [3.8, 4) is 27.6 Å². The highest BCUT2D eigenvalue weighted by atomic mass is 32.1. The summed E-state index contributed by atoms with van der Waals surface area (Å²) in [7, 11) is 0. The smallest absolute Gasteiger partial charge is 0.158 e. The Balaban J connectivity index is 1.83. The Bertz CT molecular complexity index is 1470. The lowest BCUT2D eigenvalue weighted by atomic mass is 9.85. The van der Waals surface area contributed by atoms with Crippen LogP contribution in [0.4, 0.5) is 0 Å². The summed E-state index contributed by atoms with van der Waals surface area (Å²) < 4.78 is 2.15. The minimum absolute atomic E-state index is 0.0345. The van der Waals surface area contributed by atoms with E-state index in [4.69, 9.17) is 0 Å². The van der Waals surface area contributed by atoms with E-state index < -0.39 is 0 Å². The third-order valence-corrected chi connectivity index (χ3v) is 7.62. The normalized spacial score (nSPS) is 12.6. The number of hydrogen-bond acceptors (Lipinski definition) is 3. The fourth-order valence-corrected chi connectivity index (χ4v) is 5.54. The largest absolute Gasteiger partial charge is 0.507 e. The first-order valence-corrected chi connectivity index (χ1v) is 12.5. The molecule has 0 atom stereocenters. The quantitative estimate of drug-likeness (QED) is 0.272. The molecule has 0 bridgehead atoms. The number of phenolic OH excluding ortho intramolecular Hbond substituents is 1. The van der Waals surface area contributed by atoms with Gasteiger partial charge in [-0.05, 0) is 58.4 Å². The first-order valence-electron chi connectivity index (χ1n) is 11.6. The van der Waals surface area contributed by atoms with Crippen LogP contribution in [-0.2, 0) is 10.8 Å². The lowest BCUT2D eigenvalue weighted by Crippen LogP contribution is -2.10. The van der Waals surface area contributed by atoms with Crippen LogP contribution in [0, 0.1) is 0 Å². The summed E-state index contributed by atoms with van der Waals surface area (Å²) in [4.78, 5) is 0.667. The first-order chi connectivity index (χ1) is 16.0. The molecule has 0 amide bonds. The number of phenols is 1. The summed E-state index contributed by atoms with van der Waals surface area (Å²) in [5.41, 5.74) is 6.13. The molecule has 0 fully saturated rings. The van der Waals surface area contributed by atoms with Crippen LogP contribution in [0.5, 0.6) is 11.5 Å². The first kappa shape index (κ1) is 22.5. The molecule has 2 N–H and O–H groups in total. The van der Waals surface area contributed by atoms with Gasteiger partial charge in [-0.15, -0.1) is 11.3 Å². The molecule has 0 aliphatic rings. The fourth-order valence-electron chi connectivity index (χ4n) is 4.57. The number of fused-ring (bicyclic) bond motifs is 3. The van der Waals surface area contributed by atoms with E-state index in [2.05, 4.69) is 82.5 Å². The monoisotopic (exact) mass is 469 g/mol. The summed E-state index contributed by atoms with van der Waals surface area (Å²) in [5.74, 6) is 0.350. The zero-order valence-corrected chi connectivity index (χ0v) is 21.4. The van der Waals surface area contributed by atoms with E-state index in [1.807, 2.05) is 17.5 Å². The highest BCUT2D eigenvalue weighted by molar-refractivity contribution is 7.14. The maximum Gasteiger partial charge on any atom is 0.158 e. The molecule has 4 heteroatoms. The van der Waals surface area contributed by atoms with Gasteiger partial charge in [0.25, 0.3) is 0 Å². The highest BCUT2D eigenvalue weighted by Gasteiger charge is 2.23. The van der Waals surface area contributed by atoms with Gasteiger partial charge in [0.05, 0.1) is 21.6 Å². The van der Waals surface area contributed by atoms with Crippen LogP contribution in [0.2, 0.25) is 0 Å². The van der Waals surface area contributed by atoms with E-state index in [0.717, 1.165) is 16.7 Å².